The van der Waals surface area contributed by atoms with Gasteiger partial charge in [0.25, 0.3) is 0 Å². The zero-order valence-corrected chi connectivity index (χ0v) is 14.2. The van der Waals surface area contributed by atoms with Crippen LogP contribution in [0, 0.1) is 0 Å². The number of fused-ring (bicyclic) bond motifs is 1. The number of para-hydroxylation sites is 1. The van der Waals surface area contributed by atoms with Gasteiger partial charge < -0.3 is 14.4 Å². The monoisotopic (exact) mass is 349 g/mol. The van der Waals surface area contributed by atoms with Gasteiger partial charge in [-0.25, -0.2) is 0 Å². The average Bonchev–Trinajstić information content (AvgIpc) is 3.04. The Labute approximate surface area is 144 Å². The van der Waals surface area contributed by atoms with Crippen molar-refractivity contribution in [2.75, 3.05) is 24.5 Å². The molecule has 0 fully saturated rings. The Morgan fingerprint density at radius 2 is 2.04 bits per heavy atom. The average molecular weight is 350 g/mol. The summed E-state index contributed by atoms with van der Waals surface area (Å²) in [5.41, 5.74) is 1.91. The molecule has 6 heteroatoms. The summed E-state index contributed by atoms with van der Waals surface area (Å²) in [5.74, 6) is 2.41. The van der Waals surface area contributed by atoms with Crippen LogP contribution in [0.3, 0.4) is 0 Å². The molecule has 0 bridgehead atoms. The van der Waals surface area contributed by atoms with Crippen molar-refractivity contribution < 1.29 is 14.3 Å². The van der Waals surface area contributed by atoms with Crippen molar-refractivity contribution in [1.82, 2.24) is 0 Å². The molecular weight excluding hydrogens is 334 g/mol. The lowest BCUT2D eigenvalue weighted by Crippen LogP contribution is -2.27. The second kappa shape index (κ2) is 7.15. The molecule has 0 N–H and O–H groups in total. The lowest BCUT2D eigenvalue weighted by molar-refractivity contribution is -0.115. The molecule has 4 nitrogen and oxygen atoms in total. The van der Waals surface area contributed by atoms with Crippen LogP contribution in [0.15, 0.2) is 42.5 Å². The summed E-state index contributed by atoms with van der Waals surface area (Å²) >= 11 is 7.70. The molecule has 0 spiro atoms. The van der Waals surface area contributed by atoms with Gasteiger partial charge in [0.15, 0.2) is 11.5 Å². The van der Waals surface area contributed by atoms with E-state index in [1.165, 1.54) is 0 Å². The third-order valence-electron chi connectivity index (χ3n) is 3.50. The minimum atomic E-state index is 0.0630. The van der Waals surface area contributed by atoms with Crippen molar-refractivity contribution in [3.63, 3.8) is 0 Å². The minimum absolute atomic E-state index is 0.0630. The molecule has 2 aromatic rings. The van der Waals surface area contributed by atoms with Gasteiger partial charge in [0.2, 0.25) is 12.7 Å². The summed E-state index contributed by atoms with van der Waals surface area (Å²) in [6.07, 6.45) is 0. The first-order valence-electron chi connectivity index (χ1n) is 7.12. The number of nitrogens with zero attached hydrogens (tertiary/aromatic N) is 1. The first-order chi connectivity index (χ1) is 11.1. The molecule has 1 aliphatic heterocycles. The van der Waals surface area contributed by atoms with Crippen molar-refractivity contribution in [3.8, 4) is 11.5 Å². The van der Waals surface area contributed by atoms with E-state index in [1.54, 1.807) is 23.7 Å². The molecule has 0 saturated carbocycles. The van der Waals surface area contributed by atoms with E-state index in [4.69, 9.17) is 21.1 Å². The molecule has 0 aromatic heterocycles. The van der Waals surface area contributed by atoms with Gasteiger partial charge in [-0.3, -0.25) is 4.79 Å². The number of carbonyl (C=O) groups excluding carboxylic acids is 1. The van der Waals surface area contributed by atoms with Crippen molar-refractivity contribution in [3.05, 3.63) is 53.1 Å². The van der Waals surface area contributed by atoms with Crippen molar-refractivity contribution in [2.45, 2.75) is 5.75 Å². The highest BCUT2D eigenvalue weighted by atomic mass is 35.5. The van der Waals surface area contributed by atoms with E-state index in [-0.39, 0.29) is 12.7 Å². The Balaban J connectivity index is 1.55. The molecule has 2 aromatic carbocycles. The third-order valence-corrected chi connectivity index (χ3v) is 4.77. The molecule has 0 aliphatic carbocycles. The Bertz CT molecular complexity index is 708. The predicted octanol–water partition coefficient (Wildman–Crippen LogP) is 3.96. The molecule has 0 unspecified atom stereocenters. The van der Waals surface area contributed by atoms with Gasteiger partial charge in [0.1, 0.15) is 0 Å². The fourth-order valence-corrected chi connectivity index (χ4v) is 3.41. The first kappa shape index (κ1) is 16.0. The van der Waals surface area contributed by atoms with Gasteiger partial charge in [0.05, 0.1) is 10.8 Å². The van der Waals surface area contributed by atoms with Crippen LogP contribution in [0.1, 0.15) is 5.56 Å². The molecule has 1 heterocycles. The van der Waals surface area contributed by atoms with Crippen LogP contribution in [-0.2, 0) is 10.5 Å². The predicted molar refractivity (Wildman–Crippen MR) is 93.6 cm³/mol. The SMILES string of the molecule is CN(C(=O)CSCc1cc(Cl)c2c(c1)OCO2)c1ccccc1. The zero-order valence-electron chi connectivity index (χ0n) is 12.6. The maximum Gasteiger partial charge on any atom is 0.236 e. The summed E-state index contributed by atoms with van der Waals surface area (Å²) in [7, 11) is 1.79. The summed E-state index contributed by atoms with van der Waals surface area (Å²) in [5, 5.41) is 0.545. The van der Waals surface area contributed by atoms with Gasteiger partial charge in [-0.1, -0.05) is 29.8 Å². The molecule has 1 aliphatic rings. The Morgan fingerprint density at radius 1 is 1.26 bits per heavy atom. The van der Waals surface area contributed by atoms with Gasteiger partial charge in [-0.05, 0) is 29.8 Å². The Kier molecular flexibility index (Phi) is 4.98. The van der Waals surface area contributed by atoms with Gasteiger partial charge in [-0.2, -0.15) is 0 Å². The molecular formula is C17H16ClNO3S. The van der Waals surface area contributed by atoms with E-state index in [0.29, 0.717) is 28.0 Å². The number of ether oxygens (including phenoxy) is 2. The summed E-state index contributed by atoms with van der Waals surface area (Å²) in [6.45, 7) is 0.200. The van der Waals surface area contributed by atoms with E-state index in [0.717, 1.165) is 11.3 Å². The van der Waals surface area contributed by atoms with Crippen LogP contribution in [0.4, 0.5) is 5.69 Å². The van der Waals surface area contributed by atoms with Crippen LogP contribution in [-0.4, -0.2) is 25.5 Å². The number of halogens is 1. The first-order valence-corrected chi connectivity index (χ1v) is 8.66. The van der Waals surface area contributed by atoms with Crippen molar-refractivity contribution >= 4 is 35.0 Å². The van der Waals surface area contributed by atoms with Crippen LogP contribution < -0.4 is 14.4 Å². The number of amides is 1. The Hall–Kier alpha value is -1.85. The van der Waals surface area contributed by atoms with Gasteiger partial charge >= 0.3 is 0 Å². The van der Waals surface area contributed by atoms with Crippen molar-refractivity contribution in [1.29, 1.82) is 0 Å². The number of hydrogen-bond acceptors (Lipinski definition) is 4. The molecule has 3 rings (SSSR count). The molecule has 23 heavy (non-hydrogen) atoms. The maximum absolute atomic E-state index is 12.2. The van der Waals surface area contributed by atoms with Crippen LogP contribution in [0.2, 0.25) is 5.02 Å². The highest BCUT2D eigenvalue weighted by Crippen LogP contribution is 2.40. The number of hydrogen-bond donors (Lipinski definition) is 0. The van der Waals surface area contributed by atoms with E-state index >= 15 is 0 Å². The molecule has 0 saturated heterocycles. The number of rotatable bonds is 5. The standard InChI is InChI=1S/C17H16ClNO3S/c1-19(13-5-3-2-4-6-13)16(20)10-23-9-12-7-14(18)17-15(8-12)21-11-22-17/h2-8H,9-11H2,1H3. The van der Waals surface area contributed by atoms with Crippen LogP contribution in [0.5, 0.6) is 11.5 Å². The van der Waals surface area contributed by atoms with Gasteiger partial charge in [-0.15, -0.1) is 11.8 Å². The topological polar surface area (TPSA) is 38.8 Å². The zero-order chi connectivity index (χ0) is 16.2. The maximum atomic E-state index is 12.2. The lowest BCUT2D eigenvalue weighted by Gasteiger charge is -2.17. The summed E-state index contributed by atoms with van der Waals surface area (Å²) < 4.78 is 10.6. The lowest BCUT2D eigenvalue weighted by atomic mass is 10.2. The highest BCUT2D eigenvalue weighted by molar-refractivity contribution is 7.99. The van der Waals surface area contributed by atoms with Gasteiger partial charge in [0, 0.05) is 18.5 Å². The fourth-order valence-electron chi connectivity index (χ4n) is 2.25. The van der Waals surface area contributed by atoms with E-state index in [1.807, 2.05) is 42.5 Å². The largest absolute Gasteiger partial charge is 0.454 e. The number of carbonyl (C=O) groups is 1. The molecule has 120 valence electrons. The van der Waals surface area contributed by atoms with Crippen LogP contribution in [0.25, 0.3) is 0 Å². The van der Waals surface area contributed by atoms with Crippen molar-refractivity contribution in [2.24, 2.45) is 0 Å². The second-order valence-corrected chi connectivity index (χ2v) is 6.49. The number of anilines is 1. The molecule has 1 amide bonds. The highest BCUT2D eigenvalue weighted by Gasteiger charge is 2.18. The second-order valence-electron chi connectivity index (χ2n) is 5.09. The van der Waals surface area contributed by atoms with E-state index in [9.17, 15) is 4.79 Å². The normalized spacial score (nSPS) is 12.3. The number of benzene rings is 2. The Morgan fingerprint density at radius 3 is 2.83 bits per heavy atom. The number of thioether (sulfide) groups is 1. The quantitative estimate of drug-likeness (QED) is 0.818. The van der Waals surface area contributed by atoms with E-state index < -0.39 is 0 Å². The van der Waals surface area contributed by atoms with Crippen LogP contribution >= 0.6 is 23.4 Å². The molecule has 0 atom stereocenters. The smallest absolute Gasteiger partial charge is 0.236 e. The summed E-state index contributed by atoms with van der Waals surface area (Å²) in [6, 6.07) is 13.4. The molecule has 0 radical (unpaired) electrons. The summed E-state index contributed by atoms with van der Waals surface area (Å²) in [4.78, 5) is 13.9. The minimum Gasteiger partial charge on any atom is -0.454 e. The third kappa shape index (κ3) is 3.74. The fraction of sp³-hybridized carbons (Fsp3) is 0.235. The van der Waals surface area contributed by atoms with E-state index in [2.05, 4.69) is 0 Å².